The van der Waals surface area contributed by atoms with Gasteiger partial charge in [0.05, 0.1) is 12.7 Å². The summed E-state index contributed by atoms with van der Waals surface area (Å²) in [5.41, 5.74) is 2.25. The number of nitrogens with zero attached hydrogens (tertiary/aromatic N) is 2. The maximum Gasteiger partial charge on any atom is 0.214 e. The van der Waals surface area contributed by atoms with Crippen molar-refractivity contribution in [2.75, 3.05) is 26.8 Å². The van der Waals surface area contributed by atoms with Gasteiger partial charge in [-0.3, -0.25) is 4.99 Å². The lowest BCUT2D eigenvalue weighted by molar-refractivity contribution is 0.129. The molecule has 0 unspecified atom stereocenters. The molecule has 1 aromatic carbocycles. The summed E-state index contributed by atoms with van der Waals surface area (Å²) in [6, 6.07) is 8.20. The topological polar surface area (TPSA) is 71.7 Å². The zero-order valence-electron chi connectivity index (χ0n) is 16.5. The molecule has 6 nitrogen and oxygen atoms in total. The van der Waals surface area contributed by atoms with Crippen LogP contribution in [0.15, 0.2) is 39.9 Å². The summed E-state index contributed by atoms with van der Waals surface area (Å²) in [6.45, 7) is 7.14. The lowest BCUT2D eigenvalue weighted by Crippen LogP contribution is -2.37. The molecule has 2 N–H and O–H groups in total. The van der Waals surface area contributed by atoms with Crippen molar-refractivity contribution in [3.05, 3.63) is 41.9 Å². The molecule has 0 radical (unpaired) electrons. The molecule has 0 saturated carbocycles. The summed E-state index contributed by atoms with van der Waals surface area (Å²) < 4.78 is 11.4. The van der Waals surface area contributed by atoms with E-state index >= 15 is 0 Å². The number of guanidine groups is 1. The van der Waals surface area contributed by atoms with Gasteiger partial charge in [0.15, 0.2) is 11.7 Å². The molecule has 0 bridgehead atoms. The molecule has 0 atom stereocenters. The zero-order chi connectivity index (χ0) is 18.6. The third-order valence-corrected chi connectivity index (χ3v) is 3.92. The highest BCUT2D eigenvalue weighted by Gasteiger charge is 2.07. The fourth-order valence-corrected chi connectivity index (χ4v) is 2.35. The van der Waals surface area contributed by atoms with Crippen molar-refractivity contribution < 1.29 is 9.15 Å². The highest BCUT2D eigenvalue weighted by Crippen LogP contribution is 2.20. The van der Waals surface area contributed by atoms with E-state index in [1.807, 2.05) is 12.1 Å². The molecule has 0 aliphatic rings. The Morgan fingerprint density at radius 3 is 2.59 bits per heavy atom. The Hall–Kier alpha value is -1.61. The molecule has 0 aliphatic heterocycles. The van der Waals surface area contributed by atoms with Crippen LogP contribution in [-0.4, -0.2) is 37.7 Å². The van der Waals surface area contributed by atoms with Crippen LogP contribution in [0.3, 0.4) is 0 Å². The molecule has 0 aliphatic carbocycles. The van der Waals surface area contributed by atoms with E-state index < -0.39 is 0 Å². The van der Waals surface area contributed by atoms with E-state index in [-0.39, 0.29) is 24.0 Å². The molecule has 27 heavy (non-hydrogen) atoms. The first-order valence-electron chi connectivity index (χ1n) is 9.27. The Kier molecular flexibility index (Phi) is 11.8. The predicted molar refractivity (Wildman–Crippen MR) is 121 cm³/mol. The number of aryl methyl sites for hydroxylation is 1. The smallest absolute Gasteiger partial charge is 0.214 e. The van der Waals surface area contributed by atoms with E-state index in [0.29, 0.717) is 12.4 Å². The summed E-state index contributed by atoms with van der Waals surface area (Å²) in [6.07, 6.45) is 4.99. The van der Waals surface area contributed by atoms with Gasteiger partial charge in [0.25, 0.3) is 0 Å². The summed E-state index contributed by atoms with van der Waals surface area (Å²) in [7, 11) is 1.75. The first-order chi connectivity index (χ1) is 12.7. The number of oxazole rings is 1. The molecule has 150 valence electrons. The standard InChI is InChI=1S/C20H30N4O2.HI/c1-4-5-12-25-13-6-11-22-20(21-3)24-15-19-23-14-18(26-19)17-9-7-16(2)8-10-17;/h7-10,14H,4-6,11-13,15H2,1-3H3,(H2,21,22,24);1H. The molecule has 0 saturated heterocycles. The van der Waals surface area contributed by atoms with Gasteiger partial charge in [0.1, 0.15) is 0 Å². The third kappa shape index (κ3) is 8.75. The average molecular weight is 486 g/mol. The Balaban J connectivity index is 0.00000364. The third-order valence-electron chi connectivity index (χ3n) is 3.92. The van der Waals surface area contributed by atoms with Crippen LogP contribution in [0.5, 0.6) is 0 Å². The minimum atomic E-state index is 0. The Labute approximate surface area is 179 Å². The molecule has 0 amide bonds. The number of hydrogen-bond donors (Lipinski definition) is 2. The highest BCUT2D eigenvalue weighted by atomic mass is 127. The molecule has 0 spiro atoms. The highest BCUT2D eigenvalue weighted by molar-refractivity contribution is 14.0. The average Bonchev–Trinajstić information content (AvgIpc) is 3.13. The second kappa shape index (κ2) is 13.5. The van der Waals surface area contributed by atoms with Crippen LogP contribution in [-0.2, 0) is 11.3 Å². The number of benzene rings is 1. The van der Waals surface area contributed by atoms with Crippen LogP contribution in [0.4, 0.5) is 0 Å². The van der Waals surface area contributed by atoms with Crippen molar-refractivity contribution in [1.29, 1.82) is 0 Å². The van der Waals surface area contributed by atoms with E-state index in [1.54, 1.807) is 13.2 Å². The zero-order valence-corrected chi connectivity index (χ0v) is 18.8. The SMILES string of the molecule is CCCCOCCCNC(=NC)NCc1ncc(-c2ccc(C)cc2)o1.I. The van der Waals surface area contributed by atoms with Gasteiger partial charge >= 0.3 is 0 Å². The normalized spacial score (nSPS) is 11.1. The maximum absolute atomic E-state index is 5.81. The molecule has 7 heteroatoms. The lowest BCUT2D eigenvalue weighted by Gasteiger charge is -2.10. The van der Waals surface area contributed by atoms with Crippen LogP contribution in [0.1, 0.15) is 37.6 Å². The number of hydrogen-bond acceptors (Lipinski definition) is 4. The number of aromatic nitrogens is 1. The van der Waals surface area contributed by atoms with Gasteiger partial charge in [0, 0.05) is 32.4 Å². The molecule has 1 aromatic heterocycles. The fourth-order valence-electron chi connectivity index (χ4n) is 2.35. The number of halogens is 1. The van der Waals surface area contributed by atoms with Crippen molar-refractivity contribution >= 4 is 29.9 Å². The monoisotopic (exact) mass is 486 g/mol. The Morgan fingerprint density at radius 1 is 1.15 bits per heavy atom. The van der Waals surface area contributed by atoms with Crippen molar-refractivity contribution in [1.82, 2.24) is 15.6 Å². The first kappa shape index (κ1) is 23.4. The molecule has 0 fully saturated rings. The number of nitrogens with one attached hydrogen (secondary N) is 2. The largest absolute Gasteiger partial charge is 0.439 e. The van der Waals surface area contributed by atoms with Gasteiger partial charge in [-0.05, 0) is 19.8 Å². The number of aliphatic imine (C=N–C) groups is 1. The lowest BCUT2D eigenvalue weighted by atomic mass is 10.1. The number of rotatable bonds is 10. The summed E-state index contributed by atoms with van der Waals surface area (Å²) in [4.78, 5) is 8.54. The van der Waals surface area contributed by atoms with Gasteiger partial charge < -0.3 is 19.8 Å². The van der Waals surface area contributed by atoms with Gasteiger partial charge in [-0.2, -0.15) is 0 Å². The van der Waals surface area contributed by atoms with Gasteiger partial charge in [-0.1, -0.05) is 43.2 Å². The van der Waals surface area contributed by atoms with Crippen molar-refractivity contribution in [3.63, 3.8) is 0 Å². The van der Waals surface area contributed by atoms with Crippen molar-refractivity contribution in [3.8, 4) is 11.3 Å². The molecular formula is C20H31IN4O2. The van der Waals surface area contributed by atoms with Crippen LogP contribution in [0.25, 0.3) is 11.3 Å². The van der Waals surface area contributed by atoms with Crippen LogP contribution < -0.4 is 10.6 Å². The molecule has 2 rings (SSSR count). The van der Waals surface area contributed by atoms with E-state index in [1.165, 1.54) is 12.0 Å². The second-order valence-electron chi connectivity index (χ2n) is 6.16. The van der Waals surface area contributed by atoms with Crippen LogP contribution in [0, 0.1) is 6.92 Å². The van der Waals surface area contributed by atoms with Gasteiger partial charge in [-0.25, -0.2) is 4.98 Å². The Morgan fingerprint density at radius 2 is 1.89 bits per heavy atom. The fraction of sp³-hybridized carbons (Fsp3) is 0.500. The van der Waals surface area contributed by atoms with E-state index in [0.717, 1.165) is 49.9 Å². The number of unbranched alkanes of at least 4 members (excludes halogenated alkanes) is 1. The van der Waals surface area contributed by atoms with E-state index in [9.17, 15) is 0 Å². The van der Waals surface area contributed by atoms with Gasteiger partial charge in [-0.15, -0.1) is 24.0 Å². The minimum Gasteiger partial charge on any atom is -0.439 e. The van der Waals surface area contributed by atoms with Crippen molar-refractivity contribution in [2.24, 2.45) is 4.99 Å². The van der Waals surface area contributed by atoms with Gasteiger partial charge in [0.2, 0.25) is 5.89 Å². The molecular weight excluding hydrogens is 455 g/mol. The van der Waals surface area contributed by atoms with Crippen LogP contribution >= 0.6 is 24.0 Å². The summed E-state index contributed by atoms with van der Waals surface area (Å²) >= 11 is 0. The minimum absolute atomic E-state index is 0. The summed E-state index contributed by atoms with van der Waals surface area (Å²) in [5, 5.41) is 6.48. The number of ether oxygens (including phenoxy) is 1. The maximum atomic E-state index is 5.81. The molecule has 2 aromatic rings. The van der Waals surface area contributed by atoms with E-state index in [2.05, 4.69) is 46.6 Å². The van der Waals surface area contributed by atoms with E-state index in [4.69, 9.17) is 9.15 Å². The molecule has 1 heterocycles. The van der Waals surface area contributed by atoms with Crippen LogP contribution in [0.2, 0.25) is 0 Å². The summed E-state index contributed by atoms with van der Waals surface area (Å²) in [5.74, 6) is 2.13. The predicted octanol–water partition coefficient (Wildman–Crippen LogP) is 4.14. The second-order valence-corrected chi connectivity index (χ2v) is 6.16. The quantitative estimate of drug-likeness (QED) is 0.229. The Bertz CT molecular complexity index is 671. The first-order valence-corrected chi connectivity index (χ1v) is 9.27. The van der Waals surface area contributed by atoms with Crippen molar-refractivity contribution in [2.45, 2.75) is 39.7 Å².